The van der Waals surface area contributed by atoms with Crippen LogP contribution in [0.15, 0.2) is 12.4 Å². The number of aromatic nitrogens is 2. The van der Waals surface area contributed by atoms with E-state index in [0.29, 0.717) is 5.69 Å². The van der Waals surface area contributed by atoms with Crippen molar-refractivity contribution < 1.29 is 8.42 Å². The molecule has 0 fully saturated rings. The molecule has 5 nitrogen and oxygen atoms in total. The minimum absolute atomic E-state index is 0.275. The molecule has 0 aliphatic heterocycles. The third-order valence-electron chi connectivity index (χ3n) is 1.70. The van der Waals surface area contributed by atoms with Crippen molar-refractivity contribution in [2.24, 2.45) is 0 Å². The van der Waals surface area contributed by atoms with E-state index in [1.54, 1.807) is 6.92 Å². The first-order valence-electron chi connectivity index (χ1n) is 3.67. The van der Waals surface area contributed by atoms with Gasteiger partial charge in [-0.2, -0.15) is 0 Å². The fourth-order valence-electron chi connectivity index (χ4n) is 0.749. The Kier molecular flexibility index (Phi) is 2.51. The Hall–Kier alpha value is -1.17. The van der Waals surface area contributed by atoms with Crippen LogP contribution in [0.25, 0.3) is 0 Å². The molecule has 13 heavy (non-hydrogen) atoms. The summed E-state index contributed by atoms with van der Waals surface area (Å²) in [5.41, 5.74) is 5.78. The van der Waals surface area contributed by atoms with Crippen LogP contribution in [-0.2, 0) is 9.84 Å². The van der Waals surface area contributed by atoms with Gasteiger partial charge in [-0.1, -0.05) is 0 Å². The molecule has 1 heterocycles. The van der Waals surface area contributed by atoms with Gasteiger partial charge in [-0.3, -0.25) is 0 Å². The van der Waals surface area contributed by atoms with E-state index in [0.717, 1.165) is 6.26 Å². The summed E-state index contributed by atoms with van der Waals surface area (Å²) in [5, 5.41) is -0.687. The monoisotopic (exact) mass is 201 g/mol. The molecule has 6 heteroatoms. The van der Waals surface area contributed by atoms with Crippen molar-refractivity contribution in [3.63, 3.8) is 0 Å². The molecule has 1 aromatic heterocycles. The van der Waals surface area contributed by atoms with Gasteiger partial charge in [0.25, 0.3) is 0 Å². The van der Waals surface area contributed by atoms with Gasteiger partial charge in [0.1, 0.15) is 11.1 Å². The molecular weight excluding hydrogens is 190 g/mol. The maximum atomic E-state index is 11.1. The zero-order chi connectivity index (χ0) is 10.1. The molecule has 2 N–H and O–H groups in total. The number of hydrogen-bond acceptors (Lipinski definition) is 5. The predicted octanol–water partition coefficient (Wildman–Crippen LogP) is 0.164. The van der Waals surface area contributed by atoms with Crippen molar-refractivity contribution in [3.8, 4) is 0 Å². The summed E-state index contributed by atoms with van der Waals surface area (Å²) in [6.07, 6.45) is 3.94. The summed E-state index contributed by atoms with van der Waals surface area (Å²) in [7, 11) is -3.13. The Labute approximate surface area is 76.9 Å². The van der Waals surface area contributed by atoms with E-state index in [2.05, 4.69) is 9.97 Å². The van der Waals surface area contributed by atoms with E-state index < -0.39 is 15.1 Å². The molecule has 0 spiro atoms. The van der Waals surface area contributed by atoms with Crippen molar-refractivity contribution in [2.45, 2.75) is 12.2 Å². The minimum Gasteiger partial charge on any atom is -0.396 e. The van der Waals surface area contributed by atoms with E-state index >= 15 is 0 Å². The van der Waals surface area contributed by atoms with Crippen molar-refractivity contribution in [1.82, 2.24) is 9.97 Å². The van der Waals surface area contributed by atoms with Crippen LogP contribution < -0.4 is 5.73 Å². The standard InChI is InChI=1S/C7H11N3O2S/c1-5(13(2,11)12)7-9-3-6(8)4-10-7/h3-5H,8H2,1-2H3. The first kappa shape index (κ1) is 9.91. The van der Waals surface area contributed by atoms with Gasteiger partial charge in [0.05, 0.1) is 18.1 Å². The average Bonchev–Trinajstić information content (AvgIpc) is 2.03. The molecule has 0 radical (unpaired) electrons. The molecule has 1 atom stereocenters. The highest BCUT2D eigenvalue weighted by molar-refractivity contribution is 7.90. The smallest absolute Gasteiger partial charge is 0.157 e. The van der Waals surface area contributed by atoms with Gasteiger partial charge in [0, 0.05) is 6.26 Å². The van der Waals surface area contributed by atoms with Crippen LogP contribution >= 0.6 is 0 Å². The molecule has 0 amide bonds. The topological polar surface area (TPSA) is 85.9 Å². The molecule has 1 unspecified atom stereocenters. The molecule has 0 aliphatic rings. The van der Waals surface area contributed by atoms with Crippen molar-refractivity contribution in [3.05, 3.63) is 18.2 Å². The van der Waals surface area contributed by atoms with Gasteiger partial charge in [-0.05, 0) is 6.92 Å². The third kappa shape index (κ3) is 2.38. The molecule has 0 saturated carbocycles. The maximum absolute atomic E-state index is 11.1. The van der Waals surface area contributed by atoms with Gasteiger partial charge in [0.15, 0.2) is 9.84 Å². The fourth-order valence-corrected chi connectivity index (χ4v) is 1.25. The molecular formula is C7H11N3O2S. The summed E-state index contributed by atoms with van der Waals surface area (Å²) < 4.78 is 22.2. The van der Waals surface area contributed by atoms with E-state index in [1.165, 1.54) is 12.4 Å². The van der Waals surface area contributed by atoms with Gasteiger partial charge in [-0.15, -0.1) is 0 Å². The van der Waals surface area contributed by atoms with Crippen LogP contribution in [0.4, 0.5) is 5.69 Å². The van der Waals surface area contributed by atoms with Crippen LogP contribution in [0.5, 0.6) is 0 Å². The predicted molar refractivity (Wildman–Crippen MR) is 49.7 cm³/mol. The lowest BCUT2D eigenvalue weighted by Crippen LogP contribution is -2.11. The Morgan fingerprint density at radius 2 is 1.85 bits per heavy atom. The molecule has 1 rings (SSSR count). The highest BCUT2D eigenvalue weighted by atomic mass is 32.2. The largest absolute Gasteiger partial charge is 0.396 e. The maximum Gasteiger partial charge on any atom is 0.157 e. The van der Waals surface area contributed by atoms with Crippen LogP contribution in [0, 0.1) is 0 Å². The second kappa shape index (κ2) is 3.29. The van der Waals surface area contributed by atoms with Crippen molar-refractivity contribution in [1.29, 1.82) is 0 Å². The minimum atomic E-state index is -3.13. The Morgan fingerprint density at radius 3 is 2.23 bits per heavy atom. The quantitative estimate of drug-likeness (QED) is 0.736. The second-order valence-corrected chi connectivity index (χ2v) is 5.21. The first-order valence-corrected chi connectivity index (χ1v) is 5.63. The summed E-state index contributed by atoms with van der Waals surface area (Å²) >= 11 is 0. The van der Waals surface area contributed by atoms with Crippen LogP contribution in [0.1, 0.15) is 18.0 Å². The first-order chi connectivity index (χ1) is 5.91. The second-order valence-electron chi connectivity index (χ2n) is 2.85. The fraction of sp³-hybridized carbons (Fsp3) is 0.429. The molecule has 72 valence electrons. The van der Waals surface area contributed by atoms with E-state index in [4.69, 9.17) is 5.73 Å². The molecule has 0 aliphatic carbocycles. The van der Waals surface area contributed by atoms with Crippen LogP contribution in [-0.4, -0.2) is 24.6 Å². The summed E-state index contributed by atoms with van der Waals surface area (Å²) in [4.78, 5) is 7.66. The van der Waals surface area contributed by atoms with Crippen LogP contribution in [0.2, 0.25) is 0 Å². The lowest BCUT2D eigenvalue weighted by atomic mass is 10.4. The van der Waals surface area contributed by atoms with Crippen molar-refractivity contribution >= 4 is 15.5 Å². The van der Waals surface area contributed by atoms with Crippen molar-refractivity contribution in [2.75, 3.05) is 12.0 Å². The SMILES string of the molecule is CC(c1ncc(N)cn1)S(C)(=O)=O. The van der Waals surface area contributed by atoms with Gasteiger partial charge in [-0.25, -0.2) is 18.4 Å². The zero-order valence-electron chi connectivity index (χ0n) is 7.43. The number of nitrogen functional groups attached to an aromatic ring is 1. The summed E-state index contributed by atoms with van der Waals surface area (Å²) in [6, 6.07) is 0. The summed E-state index contributed by atoms with van der Waals surface area (Å²) in [6.45, 7) is 1.54. The third-order valence-corrected chi connectivity index (χ3v) is 3.19. The summed E-state index contributed by atoms with van der Waals surface area (Å²) in [5.74, 6) is 0.275. The number of anilines is 1. The van der Waals surface area contributed by atoms with Gasteiger partial charge >= 0.3 is 0 Å². The number of rotatable bonds is 2. The number of hydrogen-bond donors (Lipinski definition) is 1. The van der Waals surface area contributed by atoms with E-state index in [9.17, 15) is 8.42 Å². The Bertz CT molecular complexity index is 385. The highest BCUT2D eigenvalue weighted by Crippen LogP contribution is 2.16. The van der Waals surface area contributed by atoms with Gasteiger partial charge in [0.2, 0.25) is 0 Å². The zero-order valence-corrected chi connectivity index (χ0v) is 8.25. The highest BCUT2D eigenvalue weighted by Gasteiger charge is 2.19. The lowest BCUT2D eigenvalue weighted by molar-refractivity contribution is 0.589. The number of nitrogens with zero attached hydrogens (tertiary/aromatic N) is 2. The molecule has 0 bridgehead atoms. The van der Waals surface area contributed by atoms with Gasteiger partial charge < -0.3 is 5.73 Å². The average molecular weight is 201 g/mol. The lowest BCUT2D eigenvalue weighted by Gasteiger charge is -2.06. The molecule has 1 aromatic rings. The number of sulfone groups is 1. The molecule has 0 aromatic carbocycles. The Balaban J connectivity index is 3.04. The van der Waals surface area contributed by atoms with Crippen LogP contribution in [0.3, 0.4) is 0 Å². The number of nitrogens with two attached hydrogens (primary N) is 1. The molecule has 0 saturated heterocycles. The van der Waals surface area contributed by atoms with E-state index in [-0.39, 0.29) is 5.82 Å². The Morgan fingerprint density at radius 1 is 1.38 bits per heavy atom. The normalized spacial score (nSPS) is 14.0. The van der Waals surface area contributed by atoms with E-state index in [1.807, 2.05) is 0 Å².